The number of aromatic nitrogens is 4. The van der Waals surface area contributed by atoms with Crippen LogP contribution >= 0.6 is 11.6 Å². The van der Waals surface area contributed by atoms with Gasteiger partial charge in [-0.25, -0.2) is 4.98 Å². The highest BCUT2D eigenvalue weighted by atomic mass is 35.5. The molecule has 202 valence electrons. The van der Waals surface area contributed by atoms with E-state index in [0.717, 1.165) is 66.1 Å². The highest BCUT2D eigenvalue weighted by molar-refractivity contribution is 6.31. The molecule has 2 aliphatic rings. The van der Waals surface area contributed by atoms with Gasteiger partial charge in [-0.1, -0.05) is 17.7 Å². The molecule has 1 saturated heterocycles. The van der Waals surface area contributed by atoms with Gasteiger partial charge in [-0.15, -0.1) is 0 Å². The zero-order chi connectivity index (χ0) is 27.4. The zero-order valence-electron chi connectivity index (χ0n) is 21.9. The molecule has 7 rings (SSSR count). The number of H-pyrrole nitrogens is 1. The van der Waals surface area contributed by atoms with E-state index in [-0.39, 0.29) is 11.1 Å². The average Bonchev–Trinajstić information content (AvgIpc) is 3.32. The first-order valence-electron chi connectivity index (χ1n) is 13.3. The van der Waals surface area contributed by atoms with Crippen molar-refractivity contribution >= 4 is 39.8 Å². The summed E-state index contributed by atoms with van der Waals surface area (Å²) in [6, 6.07) is 16.9. The Labute approximate surface area is 234 Å². The second-order valence-electron chi connectivity index (χ2n) is 10.6. The first-order valence-corrected chi connectivity index (χ1v) is 13.7. The van der Waals surface area contributed by atoms with Crippen LogP contribution in [0.1, 0.15) is 29.2 Å². The third-order valence-electron chi connectivity index (χ3n) is 8.04. The van der Waals surface area contributed by atoms with Gasteiger partial charge in [0.25, 0.3) is 11.1 Å². The van der Waals surface area contributed by atoms with Crippen molar-refractivity contribution < 1.29 is 4.74 Å². The van der Waals surface area contributed by atoms with Crippen LogP contribution in [-0.4, -0.2) is 50.5 Å². The number of likely N-dealkylation sites (tertiary alicyclic amines) is 1. The number of benzene rings is 2. The van der Waals surface area contributed by atoms with Crippen molar-refractivity contribution in [2.75, 3.05) is 20.2 Å². The summed E-state index contributed by atoms with van der Waals surface area (Å²) >= 11 is 6.14. The standard InChI is InChI=1S/C30H27ClN6O3/c1-40-26-8-5-18(12-33-37-17-32-28-23-11-22(31)6-7-24(23)34-29(28)30(37)39)9-21(26)16-35-13-19-10-20(15-35)25-3-2-4-27(38)36(25)14-19/h2-9,11-12,17,19-20,34H,10,13-16H2,1H3/b33-12+/t19-,20-/m0/s1. The Balaban J connectivity index is 1.15. The summed E-state index contributed by atoms with van der Waals surface area (Å²) in [6.45, 7) is 3.30. The Morgan fingerprint density at radius 3 is 2.90 bits per heavy atom. The molecule has 2 bridgehead atoms. The number of aromatic amines is 1. The molecular weight excluding hydrogens is 528 g/mol. The van der Waals surface area contributed by atoms with Gasteiger partial charge in [-0.3, -0.25) is 14.5 Å². The van der Waals surface area contributed by atoms with Gasteiger partial charge in [0.05, 0.1) is 13.3 Å². The van der Waals surface area contributed by atoms with E-state index in [1.807, 2.05) is 34.9 Å². The third-order valence-corrected chi connectivity index (χ3v) is 8.27. The van der Waals surface area contributed by atoms with Crippen molar-refractivity contribution in [3.63, 3.8) is 0 Å². The fourth-order valence-corrected chi connectivity index (χ4v) is 6.47. The van der Waals surface area contributed by atoms with E-state index in [1.165, 1.54) is 11.0 Å². The Kier molecular flexibility index (Phi) is 6.05. The van der Waals surface area contributed by atoms with Crippen molar-refractivity contribution in [3.8, 4) is 5.75 Å². The SMILES string of the molecule is COc1ccc(/C=N/n2cnc3c([nH]c4ccc(Cl)cc43)c2=O)cc1CN1C[C@@H]2C[C@@H](C1)c1cccc(=O)n1C2. The topological polar surface area (TPSA) is 97.5 Å². The molecule has 9 nitrogen and oxygen atoms in total. The lowest BCUT2D eigenvalue weighted by molar-refractivity contribution is 0.113. The minimum atomic E-state index is -0.290. The van der Waals surface area contributed by atoms with E-state index in [0.29, 0.717) is 27.9 Å². The number of nitrogens with one attached hydrogen (secondary N) is 1. The van der Waals surface area contributed by atoms with Crippen LogP contribution in [-0.2, 0) is 13.1 Å². The van der Waals surface area contributed by atoms with Gasteiger partial charge in [0.1, 0.15) is 23.1 Å². The highest BCUT2D eigenvalue weighted by Gasteiger charge is 2.34. The molecular formula is C30H27ClN6O3. The molecule has 0 unspecified atom stereocenters. The second-order valence-corrected chi connectivity index (χ2v) is 11.1. The smallest absolute Gasteiger partial charge is 0.298 e. The molecule has 40 heavy (non-hydrogen) atoms. The van der Waals surface area contributed by atoms with Crippen molar-refractivity contribution in [1.29, 1.82) is 0 Å². The van der Waals surface area contributed by atoms with Gasteiger partial charge in [-0.2, -0.15) is 9.78 Å². The molecule has 0 saturated carbocycles. The van der Waals surface area contributed by atoms with Gasteiger partial charge < -0.3 is 14.3 Å². The normalized spacial score (nSPS) is 18.9. The van der Waals surface area contributed by atoms with Crippen LogP contribution < -0.4 is 15.9 Å². The number of fused-ring (bicyclic) bond motifs is 7. The van der Waals surface area contributed by atoms with E-state index < -0.39 is 0 Å². The molecule has 5 heterocycles. The lowest BCUT2D eigenvalue weighted by atomic mass is 9.83. The largest absolute Gasteiger partial charge is 0.496 e. The number of rotatable bonds is 5. The fourth-order valence-electron chi connectivity index (χ4n) is 6.30. The van der Waals surface area contributed by atoms with Crippen molar-refractivity contribution in [2.45, 2.75) is 25.4 Å². The Morgan fingerprint density at radius 2 is 2.02 bits per heavy atom. The van der Waals surface area contributed by atoms with Crippen molar-refractivity contribution in [3.05, 3.63) is 103 Å². The number of halogens is 1. The van der Waals surface area contributed by atoms with Crippen molar-refractivity contribution in [1.82, 2.24) is 24.1 Å². The van der Waals surface area contributed by atoms with Crippen LogP contribution in [0.2, 0.25) is 5.02 Å². The Morgan fingerprint density at radius 1 is 1.12 bits per heavy atom. The molecule has 1 fully saturated rings. The minimum absolute atomic E-state index is 0.0942. The predicted molar refractivity (Wildman–Crippen MR) is 156 cm³/mol. The van der Waals surface area contributed by atoms with Gasteiger partial charge in [0.15, 0.2) is 0 Å². The monoisotopic (exact) mass is 554 g/mol. The van der Waals surface area contributed by atoms with Crippen molar-refractivity contribution in [2.24, 2.45) is 11.0 Å². The molecule has 5 aromatic rings. The second kappa shape index (κ2) is 9.76. The van der Waals surface area contributed by atoms with Crippen LogP contribution in [0.15, 0.2) is 75.6 Å². The minimum Gasteiger partial charge on any atom is -0.496 e. The van der Waals surface area contributed by atoms with E-state index in [2.05, 4.69) is 26.0 Å². The molecule has 0 spiro atoms. The lowest BCUT2D eigenvalue weighted by Crippen LogP contribution is -2.46. The molecule has 1 N–H and O–H groups in total. The molecule has 2 atom stereocenters. The summed E-state index contributed by atoms with van der Waals surface area (Å²) in [7, 11) is 1.67. The Hall–Kier alpha value is -4.21. The predicted octanol–water partition coefficient (Wildman–Crippen LogP) is 4.20. The first kappa shape index (κ1) is 24.8. The number of hydrogen-bond acceptors (Lipinski definition) is 6. The highest BCUT2D eigenvalue weighted by Crippen LogP contribution is 2.36. The fraction of sp³-hybridized carbons (Fsp3) is 0.267. The van der Waals surface area contributed by atoms with E-state index >= 15 is 0 Å². The summed E-state index contributed by atoms with van der Waals surface area (Å²) in [5, 5.41) is 5.80. The van der Waals surface area contributed by atoms with Crippen LogP contribution in [0.4, 0.5) is 0 Å². The van der Waals surface area contributed by atoms with Crippen LogP contribution in [0, 0.1) is 5.92 Å². The molecule has 2 aromatic carbocycles. The van der Waals surface area contributed by atoms with Gasteiger partial charge >= 0.3 is 0 Å². The van der Waals surface area contributed by atoms with E-state index in [4.69, 9.17) is 16.3 Å². The van der Waals surface area contributed by atoms with Crippen LogP contribution in [0.5, 0.6) is 5.75 Å². The molecule has 3 aromatic heterocycles. The maximum atomic E-state index is 13.1. The molecule has 2 aliphatic heterocycles. The van der Waals surface area contributed by atoms with E-state index in [9.17, 15) is 9.59 Å². The van der Waals surface area contributed by atoms with Gasteiger partial charge in [0.2, 0.25) is 0 Å². The number of nitrogens with zero attached hydrogens (tertiary/aromatic N) is 5. The maximum absolute atomic E-state index is 13.1. The number of pyridine rings is 1. The number of hydrogen-bond donors (Lipinski definition) is 1. The summed E-state index contributed by atoms with van der Waals surface area (Å²) < 4.78 is 8.86. The lowest BCUT2D eigenvalue weighted by Gasteiger charge is -2.42. The molecule has 0 amide bonds. The number of methoxy groups -OCH3 is 1. The van der Waals surface area contributed by atoms with Crippen LogP contribution in [0.25, 0.3) is 21.9 Å². The van der Waals surface area contributed by atoms with Gasteiger partial charge in [0, 0.05) is 65.3 Å². The number of piperidine rings is 1. The quantitative estimate of drug-likeness (QED) is 0.328. The van der Waals surface area contributed by atoms with Gasteiger partial charge in [-0.05, 0) is 60.4 Å². The maximum Gasteiger partial charge on any atom is 0.298 e. The third kappa shape index (κ3) is 4.31. The molecule has 0 aliphatic carbocycles. The summed E-state index contributed by atoms with van der Waals surface area (Å²) in [5.74, 6) is 1.59. The first-order chi connectivity index (χ1) is 19.5. The van der Waals surface area contributed by atoms with E-state index in [1.54, 1.807) is 31.5 Å². The average molecular weight is 555 g/mol. The Bertz CT molecular complexity index is 1920. The summed E-state index contributed by atoms with van der Waals surface area (Å²) in [6.07, 6.45) is 4.20. The molecule has 10 heteroatoms. The van der Waals surface area contributed by atoms with Crippen LogP contribution in [0.3, 0.4) is 0 Å². The zero-order valence-corrected chi connectivity index (χ0v) is 22.6. The molecule has 0 radical (unpaired) electrons. The summed E-state index contributed by atoms with van der Waals surface area (Å²) in [4.78, 5) is 35.6. The number of ether oxygens (including phenoxy) is 1. The summed E-state index contributed by atoms with van der Waals surface area (Å²) in [5.41, 5.74) is 4.58.